The van der Waals surface area contributed by atoms with Crippen molar-refractivity contribution in [1.29, 1.82) is 0 Å². The molecule has 1 heterocycles. The minimum atomic E-state index is -0.867. The van der Waals surface area contributed by atoms with Crippen molar-refractivity contribution in [2.45, 2.75) is 116 Å². The van der Waals surface area contributed by atoms with E-state index in [4.69, 9.17) is 5.11 Å². The Kier molecular flexibility index (Phi) is 15.9. The highest BCUT2D eigenvalue weighted by Gasteiger charge is 2.30. The number of carbonyl (C=O) groups excluding carboxylic acids is 2. The minimum Gasteiger partial charge on any atom is -0.481 e. The van der Waals surface area contributed by atoms with E-state index in [2.05, 4.69) is 17.6 Å². The molecule has 180 valence electrons. The number of carboxylic acid groups (broad SMARTS) is 1. The number of aliphatic carboxylic acids is 1. The molecule has 0 radical (unpaired) electrons. The molecule has 1 rings (SSSR count). The second kappa shape index (κ2) is 18.0. The summed E-state index contributed by atoms with van der Waals surface area (Å²) in [5, 5.41) is 14.8. The Labute approximate surface area is 188 Å². The van der Waals surface area contributed by atoms with Gasteiger partial charge >= 0.3 is 5.97 Å². The van der Waals surface area contributed by atoms with Gasteiger partial charge in [-0.15, -0.1) is 0 Å². The highest BCUT2D eigenvalue weighted by atomic mass is 16.4. The van der Waals surface area contributed by atoms with Crippen LogP contribution in [0.2, 0.25) is 0 Å². The topological polar surface area (TPSA) is 98.7 Å². The molecule has 1 atom stereocenters. The molecule has 1 fully saturated rings. The van der Waals surface area contributed by atoms with E-state index in [-0.39, 0.29) is 24.3 Å². The Morgan fingerprint density at radius 3 is 2.23 bits per heavy atom. The zero-order chi connectivity index (χ0) is 22.7. The van der Waals surface area contributed by atoms with Crippen LogP contribution in [0.3, 0.4) is 0 Å². The Bertz CT molecular complexity index is 513. The summed E-state index contributed by atoms with van der Waals surface area (Å²) < 4.78 is 0. The van der Waals surface area contributed by atoms with Gasteiger partial charge in [0.25, 0.3) is 0 Å². The van der Waals surface area contributed by atoms with Gasteiger partial charge in [-0.1, -0.05) is 71.1 Å². The first-order chi connectivity index (χ1) is 15.0. The van der Waals surface area contributed by atoms with Gasteiger partial charge in [-0.2, -0.15) is 0 Å². The van der Waals surface area contributed by atoms with Crippen molar-refractivity contribution in [3.8, 4) is 0 Å². The minimum absolute atomic E-state index is 0.0160. The molecular formula is C24H45N3O4. The number of amides is 2. The third-order valence-corrected chi connectivity index (χ3v) is 5.97. The molecule has 0 aromatic rings. The molecule has 0 aromatic carbocycles. The molecule has 1 saturated heterocycles. The lowest BCUT2D eigenvalue weighted by molar-refractivity contribution is -0.137. The summed E-state index contributed by atoms with van der Waals surface area (Å²) in [7, 11) is 0. The summed E-state index contributed by atoms with van der Waals surface area (Å²) in [5.41, 5.74) is 0. The Hall–Kier alpha value is -1.63. The molecule has 2 amide bonds. The molecule has 1 aliphatic rings. The van der Waals surface area contributed by atoms with Crippen LogP contribution in [-0.2, 0) is 14.4 Å². The normalized spacial score (nSPS) is 16.1. The first-order valence-corrected chi connectivity index (χ1v) is 12.5. The molecule has 0 bridgehead atoms. The smallest absolute Gasteiger partial charge is 0.303 e. The van der Waals surface area contributed by atoms with E-state index < -0.39 is 5.97 Å². The van der Waals surface area contributed by atoms with E-state index in [0.29, 0.717) is 26.1 Å². The van der Waals surface area contributed by atoms with Gasteiger partial charge in [0.1, 0.15) is 0 Å². The number of carbonyl (C=O) groups is 3. The average Bonchev–Trinajstić information content (AvgIpc) is 3.09. The molecule has 1 unspecified atom stereocenters. The number of rotatable bonds is 20. The quantitative estimate of drug-likeness (QED) is 0.247. The predicted molar refractivity (Wildman–Crippen MR) is 124 cm³/mol. The second-order valence-corrected chi connectivity index (χ2v) is 8.79. The van der Waals surface area contributed by atoms with Crippen LogP contribution in [0.4, 0.5) is 0 Å². The highest BCUT2D eigenvalue weighted by Crippen LogP contribution is 2.12. The van der Waals surface area contributed by atoms with Gasteiger partial charge in [0.2, 0.25) is 11.8 Å². The number of unbranched alkanes of at least 4 members (excludes halogenated alkanes) is 11. The third-order valence-electron chi connectivity index (χ3n) is 5.97. The molecule has 0 saturated carbocycles. The van der Waals surface area contributed by atoms with E-state index in [1.54, 1.807) is 4.90 Å². The van der Waals surface area contributed by atoms with Gasteiger partial charge in [-0.25, -0.2) is 0 Å². The summed E-state index contributed by atoms with van der Waals surface area (Å²) in [6.45, 7) is 4.20. The van der Waals surface area contributed by atoms with Gasteiger partial charge < -0.3 is 15.3 Å². The summed E-state index contributed by atoms with van der Waals surface area (Å²) >= 11 is 0. The zero-order valence-corrected chi connectivity index (χ0v) is 19.6. The van der Waals surface area contributed by atoms with Crippen molar-refractivity contribution in [2.24, 2.45) is 0 Å². The second-order valence-electron chi connectivity index (χ2n) is 8.79. The van der Waals surface area contributed by atoms with Crippen LogP contribution in [-0.4, -0.2) is 53.6 Å². The molecule has 0 aromatic heterocycles. The summed E-state index contributed by atoms with van der Waals surface area (Å²) in [6, 6.07) is -0.350. The van der Waals surface area contributed by atoms with Gasteiger partial charge in [0, 0.05) is 25.9 Å². The highest BCUT2D eigenvalue weighted by molar-refractivity contribution is 5.84. The van der Waals surface area contributed by atoms with Crippen LogP contribution < -0.4 is 10.6 Å². The predicted octanol–water partition coefficient (Wildman–Crippen LogP) is 4.21. The van der Waals surface area contributed by atoms with Crippen LogP contribution in [0.25, 0.3) is 0 Å². The molecule has 7 heteroatoms. The van der Waals surface area contributed by atoms with Gasteiger partial charge in [0.15, 0.2) is 0 Å². The lowest BCUT2D eigenvalue weighted by Crippen LogP contribution is -2.31. The molecule has 31 heavy (non-hydrogen) atoms. The molecule has 1 aliphatic heterocycles. The Balaban J connectivity index is 1.88. The van der Waals surface area contributed by atoms with Gasteiger partial charge in [-0.3, -0.25) is 19.7 Å². The maximum Gasteiger partial charge on any atom is 0.303 e. The van der Waals surface area contributed by atoms with Crippen LogP contribution >= 0.6 is 0 Å². The van der Waals surface area contributed by atoms with Crippen molar-refractivity contribution >= 4 is 17.8 Å². The molecular weight excluding hydrogens is 394 g/mol. The first kappa shape index (κ1) is 27.4. The molecule has 3 N–H and O–H groups in total. The first-order valence-electron chi connectivity index (χ1n) is 12.5. The van der Waals surface area contributed by atoms with Gasteiger partial charge in [-0.05, 0) is 25.7 Å². The molecule has 0 aliphatic carbocycles. The maximum absolute atomic E-state index is 12.2. The lowest BCUT2D eigenvalue weighted by Gasteiger charge is -2.15. The third kappa shape index (κ3) is 14.1. The average molecular weight is 440 g/mol. The van der Waals surface area contributed by atoms with E-state index >= 15 is 0 Å². The van der Waals surface area contributed by atoms with Crippen LogP contribution in [0, 0.1) is 0 Å². The number of nitrogens with one attached hydrogen (secondary N) is 2. The van der Waals surface area contributed by atoms with E-state index in [1.807, 2.05) is 0 Å². The zero-order valence-electron chi connectivity index (χ0n) is 19.6. The summed E-state index contributed by atoms with van der Waals surface area (Å²) in [6.07, 6.45) is 16.4. The SMILES string of the molecule is CCCCCCCCCCCC(=O)NCCCCCCN1CNC(CCC(=O)O)C1=O. The Morgan fingerprint density at radius 1 is 0.935 bits per heavy atom. The van der Waals surface area contributed by atoms with Crippen molar-refractivity contribution in [3.63, 3.8) is 0 Å². The lowest BCUT2D eigenvalue weighted by atomic mass is 10.1. The van der Waals surface area contributed by atoms with Crippen LogP contribution in [0.15, 0.2) is 0 Å². The fourth-order valence-electron chi connectivity index (χ4n) is 3.98. The van der Waals surface area contributed by atoms with Crippen molar-refractivity contribution < 1.29 is 19.5 Å². The van der Waals surface area contributed by atoms with Crippen molar-refractivity contribution in [1.82, 2.24) is 15.5 Å². The van der Waals surface area contributed by atoms with Crippen molar-refractivity contribution in [2.75, 3.05) is 19.8 Å². The standard InChI is InChI=1S/C24H45N3O4/c1-2-3-4-5-6-7-8-9-12-15-22(28)25-18-13-10-11-14-19-27-20-26-21(24(27)31)16-17-23(29)30/h21,26H,2-20H2,1H3,(H,25,28)(H,29,30). The molecule has 0 spiro atoms. The number of nitrogens with zero attached hydrogens (tertiary/aromatic N) is 1. The number of hydrogen-bond donors (Lipinski definition) is 3. The van der Waals surface area contributed by atoms with E-state index in [9.17, 15) is 14.4 Å². The molecule has 7 nitrogen and oxygen atoms in total. The number of carboxylic acids is 1. The summed E-state index contributed by atoms with van der Waals surface area (Å²) in [4.78, 5) is 36.5. The maximum atomic E-state index is 12.2. The fourth-order valence-corrected chi connectivity index (χ4v) is 3.98. The van der Waals surface area contributed by atoms with Crippen LogP contribution in [0.5, 0.6) is 0 Å². The van der Waals surface area contributed by atoms with Gasteiger partial charge in [0.05, 0.1) is 12.7 Å². The van der Waals surface area contributed by atoms with E-state index in [0.717, 1.165) is 45.1 Å². The Morgan fingerprint density at radius 2 is 1.55 bits per heavy atom. The number of hydrogen-bond acceptors (Lipinski definition) is 4. The van der Waals surface area contributed by atoms with Crippen molar-refractivity contribution in [3.05, 3.63) is 0 Å². The largest absolute Gasteiger partial charge is 0.481 e. The monoisotopic (exact) mass is 439 g/mol. The summed E-state index contributed by atoms with van der Waals surface area (Å²) in [5.74, 6) is -0.678. The fraction of sp³-hybridized carbons (Fsp3) is 0.875. The van der Waals surface area contributed by atoms with E-state index in [1.165, 1.54) is 44.9 Å². The van der Waals surface area contributed by atoms with Crippen LogP contribution in [0.1, 0.15) is 110 Å².